The molecule has 0 saturated heterocycles. The first-order chi connectivity index (χ1) is 6.99. The van der Waals surface area contributed by atoms with Gasteiger partial charge in [-0.1, -0.05) is 45.0 Å². The van der Waals surface area contributed by atoms with Crippen LogP contribution in [0.5, 0.6) is 0 Å². The van der Waals surface area contributed by atoms with Crippen molar-refractivity contribution < 1.29 is 9.50 Å². The number of halogens is 1. The topological polar surface area (TPSA) is 20.2 Å². The van der Waals surface area contributed by atoms with Crippen molar-refractivity contribution in [2.24, 2.45) is 5.41 Å². The summed E-state index contributed by atoms with van der Waals surface area (Å²) in [5.41, 5.74) is 1.79. The van der Waals surface area contributed by atoms with Gasteiger partial charge in [-0.05, 0) is 16.5 Å². The summed E-state index contributed by atoms with van der Waals surface area (Å²) in [4.78, 5) is 0. The smallest absolute Gasteiger partial charge is 0.0967 e. The van der Waals surface area contributed by atoms with Crippen LogP contribution in [0, 0.1) is 5.41 Å². The van der Waals surface area contributed by atoms with Crippen LogP contribution in [0.3, 0.4) is 0 Å². The molecule has 0 aromatic heterocycles. The number of hydrogen-bond donors (Lipinski definition) is 1. The van der Waals surface area contributed by atoms with E-state index in [2.05, 4.69) is 0 Å². The van der Waals surface area contributed by atoms with Gasteiger partial charge in [0.05, 0.1) is 13.3 Å². The highest BCUT2D eigenvalue weighted by Gasteiger charge is 2.25. The van der Waals surface area contributed by atoms with Crippen LogP contribution in [0.2, 0.25) is 0 Å². The van der Waals surface area contributed by atoms with Crippen molar-refractivity contribution in [3.05, 3.63) is 35.4 Å². The standard InChI is InChI=1S/C13H19FO/c1-13(2,3)12(8-14)11-6-4-10(9-15)5-7-11/h4-7,12,15H,8-9H2,1-3H3. The number of alkyl halides is 1. The average molecular weight is 210 g/mol. The number of rotatable bonds is 3. The zero-order chi connectivity index (χ0) is 11.5. The second-order valence-corrected chi connectivity index (χ2v) is 4.97. The molecule has 0 saturated carbocycles. The minimum atomic E-state index is -0.345. The summed E-state index contributed by atoms with van der Waals surface area (Å²) >= 11 is 0. The zero-order valence-electron chi connectivity index (χ0n) is 9.63. The van der Waals surface area contributed by atoms with E-state index >= 15 is 0 Å². The molecular formula is C13H19FO. The van der Waals surface area contributed by atoms with Crippen molar-refractivity contribution in [2.75, 3.05) is 6.67 Å². The van der Waals surface area contributed by atoms with Crippen molar-refractivity contribution in [1.29, 1.82) is 0 Å². The van der Waals surface area contributed by atoms with E-state index in [0.29, 0.717) is 0 Å². The Hall–Kier alpha value is -0.890. The monoisotopic (exact) mass is 210 g/mol. The third kappa shape index (κ3) is 3.03. The molecule has 1 aromatic carbocycles. The van der Waals surface area contributed by atoms with E-state index in [-0.39, 0.29) is 24.6 Å². The second-order valence-electron chi connectivity index (χ2n) is 4.97. The van der Waals surface area contributed by atoms with Crippen LogP contribution in [-0.4, -0.2) is 11.8 Å². The second kappa shape index (κ2) is 4.75. The SMILES string of the molecule is CC(C)(C)C(CF)c1ccc(CO)cc1. The van der Waals surface area contributed by atoms with Crippen LogP contribution in [-0.2, 0) is 6.61 Å². The van der Waals surface area contributed by atoms with Gasteiger partial charge in [0.1, 0.15) is 0 Å². The molecule has 1 aromatic rings. The van der Waals surface area contributed by atoms with Gasteiger partial charge >= 0.3 is 0 Å². The normalized spacial score (nSPS) is 13.9. The Morgan fingerprint density at radius 3 is 2.07 bits per heavy atom. The highest BCUT2D eigenvalue weighted by Crippen LogP contribution is 2.35. The fraction of sp³-hybridized carbons (Fsp3) is 0.538. The summed E-state index contributed by atoms with van der Waals surface area (Å²) in [6.45, 7) is 5.81. The highest BCUT2D eigenvalue weighted by molar-refractivity contribution is 5.26. The van der Waals surface area contributed by atoms with Gasteiger partial charge in [0.15, 0.2) is 0 Å². The van der Waals surface area contributed by atoms with Crippen molar-refractivity contribution >= 4 is 0 Å². The minimum Gasteiger partial charge on any atom is -0.392 e. The van der Waals surface area contributed by atoms with Crippen molar-refractivity contribution in [2.45, 2.75) is 33.3 Å². The molecule has 1 nitrogen and oxygen atoms in total. The molecule has 2 heteroatoms. The number of benzene rings is 1. The summed E-state index contributed by atoms with van der Waals surface area (Å²) in [6, 6.07) is 7.51. The molecule has 0 heterocycles. The fourth-order valence-electron chi connectivity index (χ4n) is 1.68. The zero-order valence-corrected chi connectivity index (χ0v) is 9.63. The number of aliphatic hydroxyl groups excluding tert-OH is 1. The first kappa shape index (κ1) is 12.2. The molecule has 0 fully saturated rings. The van der Waals surface area contributed by atoms with E-state index in [1.54, 1.807) is 0 Å². The predicted molar refractivity (Wildman–Crippen MR) is 60.5 cm³/mol. The van der Waals surface area contributed by atoms with Gasteiger partial charge in [-0.3, -0.25) is 4.39 Å². The molecule has 0 amide bonds. The van der Waals surface area contributed by atoms with Gasteiger partial charge < -0.3 is 5.11 Å². The van der Waals surface area contributed by atoms with Gasteiger partial charge in [-0.15, -0.1) is 0 Å². The lowest BCUT2D eigenvalue weighted by atomic mass is 9.77. The Labute approximate surface area is 90.9 Å². The van der Waals surface area contributed by atoms with Crippen molar-refractivity contribution in [3.63, 3.8) is 0 Å². The maximum atomic E-state index is 13.0. The summed E-state index contributed by atoms with van der Waals surface area (Å²) in [7, 11) is 0. The van der Waals surface area contributed by atoms with E-state index < -0.39 is 0 Å². The Bertz CT molecular complexity index is 297. The Morgan fingerprint density at radius 2 is 1.73 bits per heavy atom. The maximum Gasteiger partial charge on any atom is 0.0967 e. The quantitative estimate of drug-likeness (QED) is 0.811. The predicted octanol–water partition coefficient (Wildman–Crippen LogP) is 3.28. The molecular weight excluding hydrogens is 191 g/mol. The van der Waals surface area contributed by atoms with Crippen LogP contribution in [0.25, 0.3) is 0 Å². The first-order valence-electron chi connectivity index (χ1n) is 5.24. The Kier molecular flexibility index (Phi) is 3.86. The van der Waals surface area contributed by atoms with Crippen LogP contribution in [0.4, 0.5) is 4.39 Å². The van der Waals surface area contributed by atoms with E-state index in [1.165, 1.54) is 0 Å². The first-order valence-corrected chi connectivity index (χ1v) is 5.24. The molecule has 0 aliphatic rings. The molecule has 1 N–H and O–H groups in total. The lowest BCUT2D eigenvalue weighted by molar-refractivity contribution is 0.262. The summed E-state index contributed by atoms with van der Waals surface area (Å²) in [5, 5.41) is 8.91. The maximum absolute atomic E-state index is 13.0. The lowest BCUT2D eigenvalue weighted by Crippen LogP contribution is -2.20. The van der Waals surface area contributed by atoms with Crippen LogP contribution < -0.4 is 0 Å². The third-order valence-electron chi connectivity index (χ3n) is 2.76. The van der Waals surface area contributed by atoms with E-state index in [4.69, 9.17) is 5.11 Å². The molecule has 1 atom stereocenters. The Balaban J connectivity index is 2.93. The van der Waals surface area contributed by atoms with Gasteiger partial charge in [-0.25, -0.2) is 0 Å². The highest BCUT2D eigenvalue weighted by atomic mass is 19.1. The van der Waals surface area contributed by atoms with E-state index in [1.807, 2.05) is 45.0 Å². The average Bonchev–Trinajstić information content (AvgIpc) is 2.18. The lowest BCUT2D eigenvalue weighted by Gasteiger charge is -2.28. The molecule has 0 spiro atoms. The minimum absolute atomic E-state index is 0.0378. The van der Waals surface area contributed by atoms with Gasteiger partial charge in [-0.2, -0.15) is 0 Å². The van der Waals surface area contributed by atoms with Crippen molar-refractivity contribution in [1.82, 2.24) is 0 Å². The van der Waals surface area contributed by atoms with Gasteiger partial charge in [0, 0.05) is 5.92 Å². The fourth-order valence-corrected chi connectivity index (χ4v) is 1.68. The number of aliphatic hydroxyl groups is 1. The van der Waals surface area contributed by atoms with E-state index in [9.17, 15) is 4.39 Å². The molecule has 0 bridgehead atoms. The van der Waals surface area contributed by atoms with E-state index in [0.717, 1.165) is 11.1 Å². The summed E-state index contributed by atoms with van der Waals surface area (Å²) in [6.07, 6.45) is 0. The largest absolute Gasteiger partial charge is 0.392 e. The molecule has 0 aliphatic heterocycles. The summed E-state index contributed by atoms with van der Waals surface area (Å²) in [5.74, 6) is -0.0785. The molecule has 0 aliphatic carbocycles. The van der Waals surface area contributed by atoms with Crippen molar-refractivity contribution in [3.8, 4) is 0 Å². The molecule has 15 heavy (non-hydrogen) atoms. The number of hydrogen-bond acceptors (Lipinski definition) is 1. The molecule has 1 unspecified atom stereocenters. The van der Waals surface area contributed by atoms with Crippen LogP contribution in [0.15, 0.2) is 24.3 Å². The van der Waals surface area contributed by atoms with Gasteiger partial charge in [0.25, 0.3) is 0 Å². The molecule has 0 radical (unpaired) electrons. The Morgan fingerprint density at radius 1 is 1.20 bits per heavy atom. The molecule has 84 valence electrons. The van der Waals surface area contributed by atoms with Gasteiger partial charge in [0.2, 0.25) is 0 Å². The molecule has 1 rings (SSSR count). The van der Waals surface area contributed by atoms with Crippen LogP contribution >= 0.6 is 0 Å². The van der Waals surface area contributed by atoms with Crippen LogP contribution in [0.1, 0.15) is 37.8 Å². The summed E-state index contributed by atoms with van der Waals surface area (Å²) < 4.78 is 13.0. The third-order valence-corrected chi connectivity index (χ3v) is 2.76.